The van der Waals surface area contributed by atoms with Crippen LogP contribution in [-0.2, 0) is 9.59 Å². The number of ketones is 1. The van der Waals surface area contributed by atoms with Crippen molar-refractivity contribution in [1.29, 1.82) is 0 Å². The van der Waals surface area contributed by atoms with Crippen LogP contribution in [0.5, 0.6) is 11.5 Å². The van der Waals surface area contributed by atoms with E-state index in [1.165, 1.54) is 12.0 Å². The zero-order valence-electron chi connectivity index (χ0n) is 17.9. The highest BCUT2D eigenvalue weighted by molar-refractivity contribution is 6.51. The van der Waals surface area contributed by atoms with E-state index in [0.29, 0.717) is 35.0 Å². The van der Waals surface area contributed by atoms with Gasteiger partial charge in [-0.1, -0.05) is 17.3 Å². The predicted octanol–water partition coefficient (Wildman–Crippen LogP) is 4.02. The second-order valence-corrected chi connectivity index (χ2v) is 7.20. The second kappa shape index (κ2) is 8.58. The summed E-state index contributed by atoms with van der Waals surface area (Å²) in [7, 11) is 1.53. The van der Waals surface area contributed by atoms with Crippen LogP contribution in [0, 0.1) is 6.92 Å². The molecular weight excluding hydrogens is 412 g/mol. The second-order valence-electron chi connectivity index (χ2n) is 7.20. The van der Waals surface area contributed by atoms with E-state index in [9.17, 15) is 14.7 Å². The van der Waals surface area contributed by atoms with E-state index < -0.39 is 17.7 Å². The summed E-state index contributed by atoms with van der Waals surface area (Å²) in [6, 6.07) is 14.3. The molecule has 0 saturated carbocycles. The molecule has 1 aliphatic heterocycles. The quantitative estimate of drug-likeness (QED) is 0.355. The fourth-order valence-electron chi connectivity index (χ4n) is 3.67. The summed E-state index contributed by atoms with van der Waals surface area (Å²) in [5, 5.41) is 15.0. The minimum absolute atomic E-state index is 0.0371. The van der Waals surface area contributed by atoms with Crippen molar-refractivity contribution in [1.82, 2.24) is 5.16 Å². The van der Waals surface area contributed by atoms with Crippen molar-refractivity contribution in [2.24, 2.45) is 0 Å². The third-order valence-electron chi connectivity index (χ3n) is 5.18. The van der Waals surface area contributed by atoms with Crippen LogP contribution in [0.2, 0.25) is 0 Å². The molecule has 4 rings (SSSR count). The highest BCUT2D eigenvalue weighted by atomic mass is 16.5. The number of methoxy groups -OCH3 is 1. The van der Waals surface area contributed by atoms with Crippen molar-refractivity contribution in [3.05, 3.63) is 77.1 Å². The van der Waals surface area contributed by atoms with Crippen LogP contribution >= 0.6 is 0 Å². The molecular formula is C24H22N2O6. The molecule has 1 aliphatic rings. The number of aryl methyl sites for hydroxylation is 1. The molecule has 1 aromatic heterocycles. The summed E-state index contributed by atoms with van der Waals surface area (Å²) in [4.78, 5) is 27.3. The Hall–Kier alpha value is -4.07. The van der Waals surface area contributed by atoms with Gasteiger partial charge >= 0.3 is 5.91 Å². The molecule has 0 aliphatic carbocycles. The van der Waals surface area contributed by atoms with Gasteiger partial charge in [0.05, 0.1) is 25.3 Å². The Morgan fingerprint density at radius 1 is 1.09 bits per heavy atom. The highest BCUT2D eigenvalue weighted by Gasteiger charge is 2.48. The molecule has 164 valence electrons. The van der Waals surface area contributed by atoms with Gasteiger partial charge in [0.25, 0.3) is 5.78 Å². The Labute approximate surface area is 184 Å². The molecule has 8 nitrogen and oxygen atoms in total. The number of hydrogen-bond acceptors (Lipinski definition) is 7. The monoisotopic (exact) mass is 434 g/mol. The fourth-order valence-corrected chi connectivity index (χ4v) is 3.67. The smallest absolute Gasteiger partial charge is 0.301 e. The molecule has 8 heteroatoms. The number of amides is 1. The van der Waals surface area contributed by atoms with Crippen molar-refractivity contribution in [3.8, 4) is 11.5 Å². The lowest BCUT2D eigenvalue weighted by molar-refractivity contribution is -0.132. The van der Waals surface area contributed by atoms with Gasteiger partial charge in [-0.15, -0.1) is 0 Å². The van der Waals surface area contributed by atoms with E-state index in [-0.39, 0.29) is 17.2 Å². The van der Waals surface area contributed by atoms with E-state index in [1.54, 1.807) is 61.5 Å². The highest BCUT2D eigenvalue weighted by Crippen LogP contribution is 2.42. The molecule has 0 radical (unpaired) electrons. The first kappa shape index (κ1) is 21.2. The third kappa shape index (κ3) is 3.71. The lowest BCUT2D eigenvalue weighted by Crippen LogP contribution is -2.29. The topological polar surface area (TPSA) is 102 Å². The normalized spacial score (nSPS) is 17.6. The van der Waals surface area contributed by atoms with Crippen LogP contribution in [0.25, 0.3) is 5.76 Å². The van der Waals surface area contributed by atoms with Crippen molar-refractivity contribution in [2.45, 2.75) is 19.9 Å². The summed E-state index contributed by atoms with van der Waals surface area (Å²) in [6.45, 7) is 4.08. The van der Waals surface area contributed by atoms with Gasteiger partial charge < -0.3 is 19.1 Å². The van der Waals surface area contributed by atoms with Gasteiger partial charge in [0.2, 0.25) is 0 Å². The first-order valence-electron chi connectivity index (χ1n) is 10.1. The fraction of sp³-hybridized carbons (Fsp3) is 0.208. The molecule has 0 bridgehead atoms. The van der Waals surface area contributed by atoms with Crippen molar-refractivity contribution in [2.75, 3.05) is 18.6 Å². The summed E-state index contributed by atoms with van der Waals surface area (Å²) in [5.74, 6) is 0.0428. The SMILES string of the molecule is CCOc1ccc([C@@H]2/C(=C(\O)c3ccc(OC)cc3)C(=O)C(=O)N2c2cc(C)on2)cc1. The van der Waals surface area contributed by atoms with Crippen molar-refractivity contribution >= 4 is 23.3 Å². The Balaban J connectivity index is 1.87. The molecule has 0 spiro atoms. The number of carbonyl (C=O) groups excluding carboxylic acids is 2. The Morgan fingerprint density at radius 3 is 2.31 bits per heavy atom. The number of aromatic nitrogens is 1. The number of anilines is 1. The van der Waals surface area contributed by atoms with Crippen LogP contribution in [0.15, 0.2) is 64.7 Å². The summed E-state index contributed by atoms with van der Waals surface area (Å²) in [6.07, 6.45) is 0. The minimum atomic E-state index is -0.891. The van der Waals surface area contributed by atoms with Crippen LogP contribution in [-0.4, -0.2) is 35.7 Å². The molecule has 2 heterocycles. The number of Topliss-reactive ketones (excluding diaryl/α,β-unsaturated/α-hetero) is 1. The number of hydrogen-bond donors (Lipinski definition) is 1. The maximum Gasteiger partial charge on any atom is 0.301 e. The molecule has 1 fully saturated rings. The number of ether oxygens (including phenoxy) is 2. The van der Waals surface area contributed by atoms with E-state index >= 15 is 0 Å². The van der Waals surface area contributed by atoms with Crippen LogP contribution in [0.1, 0.15) is 29.9 Å². The summed E-state index contributed by atoms with van der Waals surface area (Å²) in [5.41, 5.74) is 0.962. The molecule has 0 unspecified atom stereocenters. The number of rotatable bonds is 6. The maximum atomic E-state index is 13.1. The zero-order chi connectivity index (χ0) is 22.8. The van der Waals surface area contributed by atoms with Crippen molar-refractivity contribution < 1.29 is 28.7 Å². The maximum absolute atomic E-state index is 13.1. The minimum Gasteiger partial charge on any atom is -0.507 e. The molecule has 32 heavy (non-hydrogen) atoms. The Bertz CT molecular complexity index is 1180. The molecule has 2 aromatic carbocycles. The van der Waals surface area contributed by atoms with Gasteiger partial charge in [-0.2, -0.15) is 0 Å². The first-order chi connectivity index (χ1) is 15.4. The third-order valence-corrected chi connectivity index (χ3v) is 5.18. The molecule has 1 N–H and O–H groups in total. The first-order valence-corrected chi connectivity index (χ1v) is 10.1. The largest absolute Gasteiger partial charge is 0.507 e. The number of benzene rings is 2. The Morgan fingerprint density at radius 2 is 1.75 bits per heavy atom. The molecule has 1 saturated heterocycles. The zero-order valence-corrected chi connectivity index (χ0v) is 17.9. The van der Waals surface area contributed by atoms with Gasteiger partial charge in [0, 0.05) is 11.6 Å². The lowest BCUT2D eigenvalue weighted by Gasteiger charge is -2.23. The summed E-state index contributed by atoms with van der Waals surface area (Å²) < 4.78 is 15.8. The number of nitrogens with zero attached hydrogens (tertiary/aromatic N) is 2. The van der Waals surface area contributed by atoms with E-state index in [0.717, 1.165) is 0 Å². The molecule has 1 atom stereocenters. The average molecular weight is 434 g/mol. The van der Waals surface area contributed by atoms with Gasteiger partial charge in [0.1, 0.15) is 23.0 Å². The van der Waals surface area contributed by atoms with Gasteiger partial charge in [0.15, 0.2) is 5.82 Å². The van der Waals surface area contributed by atoms with Crippen molar-refractivity contribution in [3.63, 3.8) is 0 Å². The van der Waals surface area contributed by atoms with E-state index in [4.69, 9.17) is 14.0 Å². The standard InChI is InChI=1S/C24H22N2O6/c1-4-31-18-11-5-15(6-12-18)21-20(22(27)16-7-9-17(30-3)10-8-16)23(28)24(29)26(21)19-13-14(2)32-25-19/h5-13,21,27H,4H2,1-3H3/b22-20+/t21-/m1/s1. The number of aliphatic hydroxyl groups excluding tert-OH is 1. The number of aliphatic hydroxyl groups is 1. The average Bonchev–Trinajstić information content (AvgIpc) is 3.35. The van der Waals surface area contributed by atoms with Crippen LogP contribution in [0.4, 0.5) is 5.82 Å². The summed E-state index contributed by atoms with van der Waals surface area (Å²) >= 11 is 0. The van der Waals surface area contributed by atoms with E-state index in [2.05, 4.69) is 5.16 Å². The Kier molecular flexibility index (Phi) is 5.68. The van der Waals surface area contributed by atoms with Crippen LogP contribution < -0.4 is 14.4 Å². The van der Waals surface area contributed by atoms with Gasteiger partial charge in [-0.3, -0.25) is 14.5 Å². The lowest BCUT2D eigenvalue weighted by atomic mass is 9.95. The van der Waals surface area contributed by atoms with Gasteiger partial charge in [-0.05, 0) is 55.8 Å². The number of carbonyl (C=O) groups is 2. The molecule has 1 amide bonds. The molecule has 3 aromatic rings. The van der Waals surface area contributed by atoms with E-state index in [1.807, 2.05) is 6.92 Å². The van der Waals surface area contributed by atoms with Gasteiger partial charge in [-0.25, -0.2) is 0 Å². The van der Waals surface area contributed by atoms with Crippen LogP contribution in [0.3, 0.4) is 0 Å². The predicted molar refractivity (Wildman–Crippen MR) is 117 cm³/mol.